The number of ether oxygens (including phenoxy) is 1. The Bertz CT molecular complexity index is 674. The lowest BCUT2D eigenvalue weighted by molar-refractivity contribution is -0.147. The largest absolute Gasteiger partial charge is 0.478 e. The maximum atomic E-state index is 11.6. The number of pyridine rings is 1. The summed E-state index contributed by atoms with van der Waals surface area (Å²) in [7, 11) is 0. The van der Waals surface area contributed by atoms with Gasteiger partial charge in [0.25, 0.3) is 0 Å². The molecule has 0 aliphatic rings. The number of carbonyl (C=O) groups is 1. The first-order valence-corrected chi connectivity index (χ1v) is 8.35. The first kappa shape index (κ1) is 17.5. The van der Waals surface area contributed by atoms with Crippen LogP contribution in [-0.4, -0.2) is 22.2 Å². The van der Waals surface area contributed by atoms with Crippen molar-refractivity contribution >= 4 is 28.5 Å². The Labute approximate surface area is 141 Å². The minimum absolute atomic E-state index is 0.0755. The van der Waals surface area contributed by atoms with Gasteiger partial charge in [0.15, 0.2) is 6.10 Å². The fourth-order valence-electron chi connectivity index (χ4n) is 2.62. The molecule has 4 nitrogen and oxygen atoms in total. The lowest BCUT2D eigenvalue weighted by Gasteiger charge is -2.22. The Hall–Kier alpha value is -1.81. The van der Waals surface area contributed by atoms with E-state index in [1.165, 1.54) is 0 Å². The number of hydrogen-bond donors (Lipinski definition) is 1. The normalized spacial score (nSPS) is 13.7. The van der Waals surface area contributed by atoms with Crippen molar-refractivity contribution in [1.82, 2.24) is 4.98 Å². The quantitative estimate of drug-likeness (QED) is 0.694. The summed E-state index contributed by atoms with van der Waals surface area (Å²) in [6.07, 6.45) is 4.79. The SMILES string of the molecule is CCCCC[C@H](C)C(Oc1ccc(Cl)c2cccnc12)C(=O)O. The van der Waals surface area contributed by atoms with E-state index in [-0.39, 0.29) is 5.92 Å². The van der Waals surface area contributed by atoms with E-state index in [2.05, 4.69) is 11.9 Å². The molecule has 0 spiro atoms. The van der Waals surface area contributed by atoms with Gasteiger partial charge >= 0.3 is 5.97 Å². The summed E-state index contributed by atoms with van der Waals surface area (Å²) in [6.45, 7) is 4.04. The van der Waals surface area contributed by atoms with E-state index in [0.29, 0.717) is 16.3 Å². The number of aliphatic carboxylic acids is 1. The molecule has 0 saturated heterocycles. The molecule has 0 amide bonds. The van der Waals surface area contributed by atoms with E-state index >= 15 is 0 Å². The van der Waals surface area contributed by atoms with Gasteiger partial charge in [0.1, 0.15) is 11.3 Å². The molecule has 0 fully saturated rings. The summed E-state index contributed by atoms with van der Waals surface area (Å²) in [6, 6.07) is 7.03. The standard InChI is InChI=1S/C18H22ClNO3/c1-3-4-5-7-12(2)17(18(21)22)23-15-10-9-14(19)13-8-6-11-20-16(13)15/h6,8-12,17H,3-5,7H2,1-2H3,(H,21,22)/t12-,17?/m0/s1. The van der Waals surface area contributed by atoms with Crippen LogP contribution in [0.1, 0.15) is 39.5 Å². The number of rotatable bonds is 8. The predicted molar refractivity (Wildman–Crippen MR) is 92.1 cm³/mol. The Morgan fingerprint density at radius 1 is 1.35 bits per heavy atom. The van der Waals surface area contributed by atoms with Crippen LogP contribution < -0.4 is 4.74 Å². The van der Waals surface area contributed by atoms with Gasteiger partial charge in [0.2, 0.25) is 0 Å². The molecular weight excluding hydrogens is 314 g/mol. The van der Waals surface area contributed by atoms with E-state index < -0.39 is 12.1 Å². The zero-order chi connectivity index (χ0) is 16.8. The summed E-state index contributed by atoms with van der Waals surface area (Å²) in [4.78, 5) is 15.9. The fraction of sp³-hybridized carbons (Fsp3) is 0.444. The summed E-state index contributed by atoms with van der Waals surface area (Å²) in [5.74, 6) is -0.568. The minimum Gasteiger partial charge on any atom is -0.478 e. The van der Waals surface area contributed by atoms with Gasteiger partial charge < -0.3 is 9.84 Å². The van der Waals surface area contributed by atoms with Crippen LogP contribution in [0.3, 0.4) is 0 Å². The molecule has 2 aromatic rings. The summed E-state index contributed by atoms with van der Waals surface area (Å²) in [5.41, 5.74) is 0.590. The highest BCUT2D eigenvalue weighted by molar-refractivity contribution is 6.35. The molecule has 1 aromatic heterocycles. The second kappa shape index (κ2) is 8.16. The van der Waals surface area contributed by atoms with Crippen LogP contribution in [0.2, 0.25) is 5.02 Å². The van der Waals surface area contributed by atoms with Gasteiger partial charge in [-0.1, -0.05) is 44.7 Å². The lowest BCUT2D eigenvalue weighted by Crippen LogP contribution is -2.33. The highest BCUT2D eigenvalue weighted by Crippen LogP contribution is 2.31. The molecule has 1 unspecified atom stereocenters. The van der Waals surface area contributed by atoms with E-state index in [9.17, 15) is 9.90 Å². The molecule has 2 rings (SSSR count). The van der Waals surface area contributed by atoms with Gasteiger partial charge in [-0.3, -0.25) is 4.98 Å². The average molecular weight is 336 g/mol. The van der Waals surface area contributed by atoms with Crippen LogP contribution in [0.5, 0.6) is 5.75 Å². The van der Waals surface area contributed by atoms with Gasteiger partial charge in [-0.25, -0.2) is 4.79 Å². The van der Waals surface area contributed by atoms with Crippen molar-refractivity contribution in [3.05, 3.63) is 35.5 Å². The molecule has 0 radical (unpaired) electrons. The molecule has 1 N–H and O–H groups in total. The first-order chi connectivity index (χ1) is 11.0. The van der Waals surface area contributed by atoms with Gasteiger partial charge in [0, 0.05) is 17.5 Å². The van der Waals surface area contributed by atoms with Crippen LogP contribution in [0.25, 0.3) is 10.9 Å². The Morgan fingerprint density at radius 3 is 2.83 bits per heavy atom. The van der Waals surface area contributed by atoms with Gasteiger partial charge in [-0.15, -0.1) is 0 Å². The van der Waals surface area contributed by atoms with E-state index in [0.717, 1.165) is 31.1 Å². The molecule has 0 aliphatic heterocycles. The molecule has 0 bridgehead atoms. The van der Waals surface area contributed by atoms with Crippen LogP contribution in [-0.2, 0) is 4.79 Å². The third-order valence-electron chi connectivity index (χ3n) is 3.96. The van der Waals surface area contributed by atoms with Crippen molar-refractivity contribution in [1.29, 1.82) is 0 Å². The molecule has 2 atom stereocenters. The number of fused-ring (bicyclic) bond motifs is 1. The van der Waals surface area contributed by atoms with E-state index in [1.54, 1.807) is 24.4 Å². The Morgan fingerprint density at radius 2 is 2.13 bits per heavy atom. The monoisotopic (exact) mass is 335 g/mol. The third kappa shape index (κ3) is 4.35. The van der Waals surface area contributed by atoms with Crippen molar-refractivity contribution in [2.75, 3.05) is 0 Å². The zero-order valence-electron chi connectivity index (χ0n) is 13.5. The zero-order valence-corrected chi connectivity index (χ0v) is 14.2. The number of nitrogens with zero attached hydrogens (tertiary/aromatic N) is 1. The van der Waals surface area contributed by atoms with Gasteiger partial charge in [0.05, 0.1) is 5.02 Å². The smallest absolute Gasteiger partial charge is 0.345 e. The van der Waals surface area contributed by atoms with Crippen molar-refractivity contribution in [3.8, 4) is 5.75 Å². The van der Waals surface area contributed by atoms with Crippen molar-refractivity contribution < 1.29 is 14.6 Å². The maximum absolute atomic E-state index is 11.6. The molecule has 1 heterocycles. The number of carboxylic acids is 1. The molecule has 124 valence electrons. The van der Waals surface area contributed by atoms with E-state index in [1.807, 2.05) is 13.0 Å². The Kier molecular flexibility index (Phi) is 6.22. The number of unbranched alkanes of at least 4 members (excludes halogenated alkanes) is 2. The van der Waals surface area contributed by atoms with Crippen LogP contribution in [0.15, 0.2) is 30.5 Å². The predicted octanol–water partition coefficient (Wildman–Crippen LogP) is 4.94. The maximum Gasteiger partial charge on any atom is 0.345 e. The number of halogens is 1. The van der Waals surface area contributed by atoms with Gasteiger partial charge in [-0.2, -0.15) is 0 Å². The summed E-state index contributed by atoms with van der Waals surface area (Å²) in [5, 5.41) is 10.8. The number of benzene rings is 1. The highest BCUT2D eigenvalue weighted by atomic mass is 35.5. The van der Waals surface area contributed by atoms with E-state index in [4.69, 9.17) is 16.3 Å². The molecule has 0 saturated carbocycles. The van der Waals surface area contributed by atoms with Gasteiger partial charge in [-0.05, 0) is 30.7 Å². The average Bonchev–Trinajstić information content (AvgIpc) is 2.54. The topological polar surface area (TPSA) is 59.4 Å². The van der Waals surface area contributed by atoms with Crippen molar-refractivity contribution in [3.63, 3.8) is 0 Å². The number of hydrogen-bond acceptors (Lipinski definition) is 3. The first-order valence-electron chi connectivity index (χ1n) is 7.97. The number of aromatic nitrogens is 1. The highest BCUT2D eigenvalue weighted by Gasteiger charge is 2.27. The van der Waals surface area contributed by atoms with Crippen LogP contribution in [0.4, 0.5) is 0 Å². The van der Waals surface area contributed by atoms with Crippen LogP contribution >= 0.6 is 11.6 Å². The van der Waals surface area contributed by atoms with Crippen molar-refractivity contribution in [2.45, 2.75) is 45.6 Å². The second-order valence-electron chi connectivity index (χ2n) is 5.79. The molecule has 23 heavy (non-hydrogen) atoms. The second-order valence-corrected chi connectivity index (χ2v) is 6.20. The number of carboxylic acid groups (broad SMARTS) is 1. The minimum atomic E-state index is -0.951. The third-order valence-corrected chi connectivity index (χ3v) is 4.29. The molecular formula is C18H22ClNO3. The summed E-state index contributed by atoms with van der Waals surface area (Å²) >= 11 is 6.16. The lowest BCUT2D eigenvalue weighted by atomic mass is 9.97. The van der Waals surface area contributed by atoms with Crippen LogP contribution in [0, 0.1) is 5.92 Å². The Balaban J connectivity index is 2.24. The molecule has 5 heteroatoms. The summed E-state index contributed by atoms with van der Waals surface area (Å²) < 4.78 is 5.82. The van der Waals surface area contributed by atoms with Crippen molar-refractivity contribution in [2.24, 2.45) is 5.92 Å². The molecule has 0 aliphatic carbocycles. The molecule has 1 aromatic carbocycles. The fourth-order valence-corrected chi connectivity index (χ4v) is 2.84.